The van der Waals surface area contributed by atoms with Gasteiger partial charge >= 0.3 is 5.97 Å². The van der Waals surface area contributed by atoms with Crippen LogP contribution in [0.1, 0.15) is 60.3 Å². The van der Waals surface area contributed by atoms with Gasteiger partial charge in [0, 0.05) is 23.7 Å². The minimum atomic E-state index is -0.825. The molecule has 4 fully saturated rings. The quantitative estimate of drug-likeness (QED) is 0.546. The average Bonchev–Trinajstić information content (AvgIpc) is 3.34. The van der Waals surface area contributed by atoms with Gasteiger partial charge in [-0.15, -0.1) is 0 Å². The fraction of sp³-hybridized carbons (Fsp3) is 0.481. The number of nitrogens with zero attached hydrogens (tertiary/aromatic N) is 2. The summed E-state index contributed by atoms with van der Waals surface area (Å²) in [4.78, 5) is 37.5. The van der Waals surface area contributed by atoms with Gasteiger partial charge in [-0.05, 0) is 79.4 Å². The van der Waals surface area contributed by atoms with E-state index in [0.29, 0.717) is 5.69 Å². The van der Waals surface area contributed by atoms with Crippen molar-refractivity contribution in [1.29, 1.82) is 0 Å². The Balaban J connectivity index is 1.36. The van der Waals surface area contributed by atoms with E-state index in [1.165, 1.54) is 51.2 Å². The Morgan fingerprint density at radius 3 is 2.50 bits per heavy atom. The number of imidazole rings is 1. The van der Waals surface area contributed by atoms with Crippen molar-refractivity contribution in [3.63, 3.8) is 0 Å². The van der Waals surface area contributed by atoms with Crippen LogP contribution in [0.25, 0.3) is 10.9 Å². The van der Waals surface area contributed by atoms with Gasteiger partial charge in [0.25, 0.3) is 5.91 Å². The Labute approximate surface area is 198 Å². The lowest BCUT2D eigenvalue weighted by atomic mass is 9.48. The van der Waals surface area contributed by atoms with Crippen LogP contribution >= 0.6 is 0 Å². The van der Waals surface area contributed by atoms with Crippen LogP contribution < -0.4 is 5.32 Å². The number of nitrogens with one attached hydrogen (secondary N) is 2. The maximum absolute atomic E-state index is 13.4. The summed E-state index contributed by atoms with van der Waals surface area (Å²) in [5.74, 6) is 1.55. The lowest BCUT2D eigenvalue weighted by Gasteiger charge is -2.57. The van der Waals surface area contributed by atoms with Crippen molar-refractivity contribution in [1.82, 2.24) is 20.3 Å². The van der Waals surface area contributed by atoms with E-state index in [9.17, 15) is 9.59 Å². The van der Waals surface area contributed by atoms with Crippen molar-refractivity contribution >= 4 is 22.8 Å². The predicted octanol–water partition coefficient (Wildman–Crippen LogP) is 3.94. The van der Waals surface area contributed by atoms with Gasteiger partial charge in [0.2, 0.25) is 0 Å². The molecule has 0 unspecified atom stereocenters. The Bertz CT molecular complexity index is 1200. The number of benzene rings is 1. The number of fused-ring (bicyclic) bond motifs is 1. The van der Waals surface area contributed by atoms with Gasteiger partial charge in [-0.1, -0.05) is 18.2 Å². The predicted molar refractivity (Wildman–Crippen MR) is 127 cm³/mol. The number of aromatic nitrogens is 3. The minimum absolute atomic E-state index is 0.129. The molecule has 0 aliphatic heterocycles. The molecule has 7 rings (SSSR count). The Morgan fingerprint density at radius 2 is 1.85 bits per heavy atom. The number of amides is 1. The Morgan fingerprint density at radius 1 is 1.15 bits per heavy atom. The van der Waals surface area contributed by atoms with Crippen molar-refractivity contribution < 1.29 is 14.3 Å². The molecule has 7 nitrogen and oxygen atoms in total. The van der Waals surface area contributed by atoms with Crippen LogP contribution in [-0.2, 0) is 21.4 Å². The molecule has 34 heavy (non-hydrogen) atoms. The highest BCUT2D eigenvalue weighted by molar-refractivity contribution is 5.98. The number of carbonyl (C=O) groups excluding carboxylic acids is 2. The molecule has 1 amide bonds. The zero-order valence-electron chi connectivity index (χ0n) is 19.4. The van der Waals surface area contributed by atoms with Gasteiger partial charge in [0.15, 0.2) is 0 Å². The maximum Gasteiger partial charge on any atom is 0.328 e. The first-order valence-corrected chi connectivity index (χ1v) is 12.3. The zero-order valence-corrected chi connectivity index (χ0v) is 19.4. The van der Waals surface area contributed by atoms with Gasteiger partial charge in [-0.25, -0.2) is 14.8 Å². The largest absolute Gasteiger partial charge is 0.467 e. The molecule has 2 heterocycles. The second-order valence-corrected chi connectivity index (χ2v) is 10.6. The summed E-state index contributed by atoms with van der Waals surface area (Å²) in [6, 6.07) is 9.34. The molecule has 176 valence electrons. The number of para-hydroxylation sites is 1. The number of hydrogen-bond donors (Lipinski definition) is 2. The third-order valence-electron chi connectivity index (χ3n) is 8.33. The van der Waals surface area contributed by atoms with Crippen LogP contribution in [-0.4, -0.2) is 40.0 Å². The maximum atomic E-state index is 13.4. The van der Waals surface area contributed by atoms with E-state index in [0.717, 1.165) is 34.4 Å². The Kier molecular flexibility index (Phi) is 5.15. The average molecular weight is 459 g/mol. The number of hydrogen-bond acceptors (Lipinski definition) is 5. The van der Waals surface area contributed by atoms with Crippen molar-refractivity contribution in [2.75, 3.05) is 7.11 Å². The first kappa shape index (κ1) is 21.3. The fourth-order valence-electron chi connectivity index (χ4n) is 7.35. The standard InChI is InChI=1S/C27H30N4O3/c1-34-26(33)24(9-19-14-28-15-29-19)31-25(32)23-10-21(20-4-2-3-5-22(20)30-23)27-11-16-6-17(12-27)8-18(7-16)13-27/h2-5,10,14-18,24H,6-9,11-13H2,1H3,(H,28,29)(H,31,32)/t16?,17?,18?,24-,27?/m0/s1. The highest BCUT2D eigenvalue weighted by Gasteiger charge is 2.52. The van der Waals surface area contributed by atoms with Gasteiger partial charge < -0.3 is 15.0 Å². The summed E-state index contributed by atoms with van der Waals surface area (Å²) < 4.78 is 4.95. The number of methoxy groups -OCH3 is 1. The molecule has 0 radical (unpaired) electrons. The molecule has 1 atom stereocenters. The van der Waals surface area contributed by atoms with E-state index in [-0.39, 0.29) is 17.7 Å². The summed E-state index contributed by atoms with van der Waals surface area (Å²) in [5, 5.41) is 4.02. The number of aromatic amines is 1. The minimum Gasteiger partial charge on any atom is -0.467 e. The molecule has 0 saturated heterocycles. The SMILES string of the molecule is COC(=O)[C@H](Cc1cnc[nH]1)NC(=O)c1cc(C23CC4CC(CC(C4)C2)C3)c2ccccc2n1. The summed E-state index contributed by atoms with van der Waals surface area (Å²) in [7, 11) is 1.33. The molecule has 2 N–H and O–H groups in total. The summed E-state index contributed by atoms with van der Waals surface area (Å²) in [5.41, 5.74) is 3.35. The lowest BCUT2D eigenvalue weighted by molar-refractivity contribution is -0.142. The van der Waals surface area contributed by atoms with Crippen molar-refractivity contribution in [2.24, 2.45) is 17.8 Å². The van der Waals surface area contributed by atoms with Crippen molar-refractivity contribution in [3.05, 3.63) is 59.8 Å². The topological polar surface area (TPSA) is 97.0 Å². The first-order valence-electron chi connectivity index (χ1n) is 12.3. The van der Waals surface area contributed by atoms with Crippen molar-refractivity contribution in [2.45, 2.75) is 56.4 Å². The number of H-pyrrole nitrogens is 1. The molecule has 2 aromatic heterocycles. The highest BCUT2D eigenvalue weighted by Crippen LogP contribution is 2.61. The summed E-state index contributed by atoms with van der Waals surface area (Å²) in [6.45, 7) is 0. The van der Waals surface area contributed by atoms with Gasteiger partial charge in [0.05, 0.1) is 19.0 Å². The molecule has 3 aromatic rings. The van der Waals surface area contributed by atoms with Crippen LogP contribution in [0.4, 0.5) is 0 Å². The molecule has 4 aliphatic carbocycles. The number of esters is 1. The molecule has 4 bridgehead atoms. The molecule has 4 aliphatic rings. The summed E-state index contributed by atoms with van der Waals surface area (Å²) in [6.07, 6.45) is 11.2. The molecule has 0 spiro atoms. The smallest absolute Gasteiger partial charge is 0.328 e. The van der Waals surface area contributed by atoms with E-state index in [4.69, 9.17) is 9.72 Å². The Hall–Kier alpha value is -3.22. The third-order valence-corrected chi connectivity index (χ3v) is 8.33. The van der Waals surface area contributed by atoms with E-state index < -0.39 is 12.0 Å². The van der Waals surface area contributed by atoms with Crippen LogP contribution in [0, 0.1) is 17.8 Å². The van der Waals surface area contributed by atoms with Gasteiger partial charge in [0.1, 0.15) is 11.7 Å². The highest BCUT2D eigenvalue weighted by atomic mass is 16.5. The van der Waals surface area contributed by atoms with E-state index in [2.05, 4.69) is 27.4 Å². The second-order valence-electron chi connectivity index (χ2n) is 10.6. The summed E-state index contributed by atoms with van der Waals surface area (Å²) >= 11 is 0. The molecule has 7 heteroatoms. The van der Waals surface area contributed by atoms with Crippen LogP contribution in [0.5, 0.6) is 0 Å². The lowest BCUT2D eigenvalue weighted by Crippen LogP contribution is -2.48. The molecule has 1 aromatic carbocycles. The normalized spacial score (nSPS) is 28.1. The van der Waals surface area contributed by atoms with Crippen molar-refractivity contribution in [3.8, 4) is 0 Å². The van der Waals surface area contributed by atoms with E-state index >= 15 is 0 Å². The number of carbonyl (C=O) groups is 2. The van der Waals surface area contributed by atoms with E-state index in [1.54, 1.807) is 12.5 Å². The first-order chi connectivity index (χ1) is 16.5. The van der Waals surface area contributed by atoms with Crippen LogP contribution in [0.2, 0.25) is 0 Å². The molecular formula is C27H30N4O3. The zero-order chi connectivity index (χ0) is 23.3. The molecular weight excluding hydrogens is 428 g/mol. The monoisotopic (exact) mass is 458 g/mol. The third kappa shape index (κ3) is 3.67. The number of ether oxygens (including phenoxy) is 1. The second kappa shape index (κ2) is 8.22. The molecule has 4 saturated carbocycles. The van der Waals surface area contributed by atoms with Crippen LogP contribution in [0.3, 0.4) is 0 Å². The number of rotatable bonds is 6. The number of pyridine rings is 1. The van der Waals surface area contributed by atoms with Gasteiger partial charge in [-0.3, -0.25) is 4.79 Å². The van der Waals surface area contributed by atoms with Gasteiger partial charge in [-0.2, -0.15) is 0 Å². The van der Waals surface area contributed by atoms with Crippen LogP contribution in [0.15, 0.2) is 42.9 Å². The fourth-order valence-corrected chi connectivity index (χ4v) is 7.35. The van der Waals surface area contributed by atoms with E-state index in [1.807, 2.05) is 18.2 Å².